The van der Waals surface area contributed by atoms with Gasteiger partial charge in [-0.3, -0.25) is 9.58 Å². The predicted molar refractivity (Wildman–Crippen MR) is 94.0 cm³/mol. The second-order valence-corrected chi connectivity index (χ2v) is 7.10. The minimum absolute atomic E-state index is 0.605. The Bertz CT molecular complexity index is 650. The van der Waals surface area contributed by atoms with Gasteiger partial charge in [0.05, 0.1) is 12.7 Å². The third-order valence-electron chi connectivity index (χ3n) is 4.32. The standard InChI is InChI=1S/C16H21Cl2N5/c1-21(2)15-3-4-22(10-15)5-6-23-11-16(19-20-23)12-7-13(17)9-14(18)8-12/h7-9,11,15H,3-6,10H2,1-2H3. The van der Waals surface area contributed by atoms with Crippen LogP contribution in [0.5, 0.6) is 0 Å². The van der Waals surface area contributed by atoms with E-state index in [1.165, 1.54) is 6.42 Å². The molecule has 0 amide bonds. The summed E-state index contributed by atoms with van der Waals surface area (Å²) in [6.45, 7) is 4.09. The smallest absolute Gasteiger partial charge is 0.113 e. The second-order valence-electron chi connectivity index (χ2n) is 6.23. The summed E-state index contributed by atoms with van der Waals surface area (Å²) < 4.78 is 1.88. The number of rotatable bonds is 5. The van der Waals surface area contributed by atoms with Gasteiger partial charge in [-0.05, 0) is 45.3 Å². The van der Waals surface area contributed by atoms with E-state index in [0.717, 1.165) is 37.4 Å². The van der Waals surface area contributed by atoms with Crippen molar-refractivity contribution in [2.24, 2.45) is 0 Å². The van der Waals surface area contributed by atoms with Crippen LogP contribution in [0.25, 0.3) is 11.3 Å². The van der Waals surface area contributed by atoms with Gasteiger partial charge in [0.25, 0.3) is 0 Å². The summed E-state index contributed by atoms with van der Waals surface area (Å²) in [7, 11) is 4.29. The molecule has 1 fully saturated rings. The number of hydrogen-bond donors (Lipinski definition) is 0. The molecule has 1 unspecified atom stereocenters. The molecule has 124 valence electrons. The first-order chi connectivity index (χ1) is 11.0. The van der Waals surface area contributed by atoms with Crippen LogP contribution in [0.15, 0.2) is 24.4 Å². The van der Waals surface area contributed by atoms with Crippen LogP contribution in [0.4, 0.5) is 0 Å². The van der Waals surface area contributed by atoms with Crippen LogP contribution in [-0.4, -0.2) is 64.6 Å². The van der Waals surface area contributed by atoms with Gasteiger partial charge in [0, 0.05) is 34.7 Å². The van der Waals surface area contributed by atoms with Gasteiger partial charge in [-0.25, -0.2) is 0 Å². The predicted octanol–water partition coefficient (Wildman–Crippen LogP) is 2.89. The monoisotopic (exact) mass is 353 g/mol. The van der Waals surface area contributed by atoms with Crippen LogP contribution in [-0.2, 0) is 6.54 Å². The number of likely N-dealkylation sites (N-methyl/N-ethyl adjacent to an activating group) is 1. The third kappa shape index (κ3) is 4.23. The molecule has 2 heterocycles. The van der Waals surface area contributed by atoms with E-state index in [1.807, 2.05) is 23.0 Å². The normalized spacial score (nSPS) is 18.9. The van der Waals surface area contributed by atoms with Crippen molar-refractivity contribution in [3.63, 3.8) is 0 Å². The van der Waals surface area contributed by atoms with Crippen molar-refractivity contribution >= 4 is 23.2 Å². The first kappa shape index (κ1) is 16.7. The molecule has 0 saturated carbocycles. The molecule has 1 aromatic heterocycles. The Hall–Kier alpha value is -1.14. The average molecular weight is 354 g/mol. The first-order valence-corrected chi connectivity index (χ1v) is 8.52. The maximum Gasteiger partial charge on any atom is 0.113 e. The topological polar surface area (TPSA) is 37.2 Å². The number of halogens is 2. The zero-order chi connectivity index (χ0) is 16.4. The van der Waals surface area contributed by atoms with Gasteiger partial charge in [0.15, 0.2) is 0 Å². The summed E-state index contributed by atoms with van der Waals surface area (Å²) in [6.07, 6.45) is 3.18. The summed E-state index contributed by atoms with van der Waals surface area (Å²) in [6, 6.07) is 6.08. The van der Waals surface area contributed by atoms with Gasteiger partial charge in [0.1, 0.15) is 5.69 Å². The molecule has 1 aliphatic rings. The van der Waals surface area contributed by atoms with E-state index < -0.39 is 0 Å². The van der Waals surface area contributed by atoms with E-state index in [1.54, 1.807) is 6.07 Å². The van der Waals surface area contributed by atoms with Gasteiger partial charge in [-0.1, -0.05) is 28.4 Å². The molecule has 5 nitrogen and oxygen atoms in total. The zero-order valence-corrected chi connectivity index (χ0v) is 14.9. The second kappa shape index (κ2) is 7.18. The van der Waals surface area contributed by atoms with Gasteiger partial charge in [0.2, 0.25) is 0 Å². The highest BCUT2D eigenvalue weighted by atomic mass is 35.5. The highest BCUT2D eigenvalue weighted by Crippen LogP contribution is 2.25. The number of nitrogens with zero attached hydrogens (tertiary/aromatic N) is 5. The van der Waals surface area contributed by atoms with Crippen LogP contribution in [0.2, 0.25) is 10.0 Å². The lowest BCUT2D eigenvalue weighted by molar-refractivity contribution is 0.260. The quantitative estimate of drug-likeness (QED) is 0.828. The molecule has 0 spiro atoms. The zero-order valence-electron chi connectivity index (χ0n) is 13.4. The number of likely N-dealkylation sites (tertiary alicyclic amines) is 1. The van der Waals surface area contributed by atoms with Crippen LogP contribution in [0.3, 0.4) is 0 Å². The maximum absolute atomic E-state index is 6.04. The minimum atomic E-state index is 0.605. The largest absolute Gasteiger partial charge is 0.305 e. The summed E-state index contributed by atoms with van der Waals surface area (Å²) >= 11 is 12.1. The Morgan fingerprint density at radius 1 is 1.17 bits per heavy atom. The molecule has 1 saturated heterocycles. The average Bonchev–Trinajstić information content (AvgIpc) is 3.13. The lowest BCUT2D eigenvalue weighted by Gasteiger charge is -2.20. The molecule has 3 rings (SSSR count). The fraction of sp³-hybridized carbons (Fsp3) is 0.500. The maximum atomic E-state index is 6.04. The minimum Gasteiger partial charge on any atom is -0.305 e. The Morgan fingerprint density at radius 2 is 1.91 bits per heavy atom. The van der Waals surface area contributed by atoms with Crippen molar-refractivity contribution < 1.29 is 0 Å². The van der Waals surface area contributed by atoms with Gasteiger partial charge in [-0.15, -0.1) is 5.10 Å². The Kier molecular flexibility index (Phi) is 5.21. The summed E-state index contributed by atoms with van der Waals surface area (Å²) in [4.78, 5) is 4.78. The van der Waals surface area contributed by atoms with Crippen LogP contribution in [0, 0.1) is 0 Å². The molecular weight excluding hydrogens is 333 g/mol. The highest BCUT2D eigenvalue weighted by Gasteiger charge is 2.23. The van der Waals surface area contributed by atoms with Crippen molar-refractivity contribution in [3.8, 4) is 11.3 Å². The Morgan fingerprint density at radius 3 is 2.57 bits per heavy atom. The van der Waals surface area contributed by atoms with E-state index in [0.29, 0.717) is 16.1 Å². The van der Waals surface area contributed by atoms with Crippen molar-refractivity contribution in [1.82, 2.24) is 24.8 Å². The molecule has 23 heavy (non-hydrogen) atoms. The molecule has 7 heteroatoms. The molecule has 1 atom stereocenters. The molecule has 0 aliphatic carbocycles. The Labute approximate surface area is 146 Å². The third-order valence-corrected chi connectivity index (χ3v) is 4.76. The molecule has 0 N–H and O–H groups in total. The van der Waals surface area contributed by atoms with E-state index in [9.17, 15) is 0 Å². The van der Waals surface area contributed by atoms with Crippen molar-refractivity contribution in [2.75, 3.05) is 33.7 Å². The van der Waals surface area contributed by atoms with Crippen LogP contribution < -0.4 is 0 Å². The van der Waals surface area contributed by atoms with E-state index in [-0.39, 0.29) is 0 Å². The summed E-state index contributed by atoms with van der Waals surface area (Å²) in [5, 5.41) is 9.65. The van der Waals surface area contributed by atoms with Crippen LogP contribution >= 0.6 is 23.2 Å². The van der Waals surface area contributed by atoms with Crippen molar-refractivity contribution in [3.05, 3.63) is 34.4 Å². The number of hydrogen-bond acceptors (Lipinski definition) is 4. The van der Waals surface area contributed by atoms with E-state index >= 15 is 0 Å². The molecule has 1 aliphatic heterocycles. The van der Waals surface area contributed by atoms with Gasteiger partial charge in [-0.2, -0.15) is 0 Å². The Balaban J connectivity index is 1.60. The molecule has 0 radical (unpaired) electrons. The molecular formula is C16H21Cl2N5. The summed E-state index contributed by atoms with van der Waals surface area (Å²) in [5.74, 6) is 0. The van der Waals surface area contributed by atoms with Crippen molar-refractivity contribution in [2.45, 2.75) is 19.0 Å². The van der Waals surface area contributed by atoms with Crippen molar-refractivity contribution in [1.29, 1.82) is 0 Å². The molecule has 0 bridgehead atoms. The van der Waals surface area contributed by atoms with E-state index in [4.69, 9.17) is 23.2 Å². The SMILES string of the molecule is CN(C)C1CCN(CCn2cc(-c3cc(Cl)cc(Cl)c3)nn2)C1. The first-order valence-electron chi connectivity index (χ1n) is 7.76. The van der Waals surface area contributed by atoms with E-state index in [2.05, 4.69) is 34.2 Å². The van der Waals surface area contributed by atoms with Crippen LogP contribution in [0.1, 0.15) is 6.42 Å². The fourth-order valence-electron chi connectivity index (χ4n) is 2.92. The van der Waals surface area contributed by atoms with Gasteiger partial charge < -0.3 is 4.90 Å². The molecule has 2 aromatic rings. The highest BCUT2D eigenvalue weighted by molar-refractivity contribution is 6.35. The fourth-order valence-corrected chi connectivity index (χ4v) is 3.45. The lowest BCUT2D eigenvalue weighted by Crippen LogP contribution is -2.32. The molecule has 1 aromatic carbocycles. The number of aromatic nitrogens is 3. The summed E-state index contributed by atoms with van der Waals surface area (Å²) in [5.41, 5.74) is 1.68. The number of benzene rings is 1. The van der Waals surface area contributed by atoms with Gasteiger partial charge >= 0.3 is 0 Å². The lowest BCUT2D eigenvalue weighted by atomic mass is 10.2.